The molecule has 1 heterocycles. The molecule has 28 heavy (non-hydrogen) atoms. The molecule has 7 heteroatoms. The maximum atomic E-state index is 12.8. The average Bonchev–Trinajstić information content (AvgIpc) is 3.05. The van der Waals surface area contributed by atoms with E-state index in [4.69, 9.17) is 27.9 Å². The van der Waals surface area contributed by atoms with Gasteiger partial charge in [-0.15, -0.1) is 0 Å². The Balaban J connectivity index is 1.94. The quantitative estimate of drug-likeness (QED) is 0.425. The predicted molar refractivity (Wildman–Crippen MR) is 116 cm³/mol. The number of carbonyl (C=O) groups excluding carboxylic acids is 1. The molecule has 4 rings (SSSR count). The summed E-state index contributed by atoms with van der Waals surface area (Å²) < 4.78 is 8.34. The molecule has 0 atom stereocenters. The molecule has 0 saturated carbocycles. The van der Waals surface area contributed by atoms with E-state index in [2.05, 4.69) is 29.3 Å². The smallest absolute Gasteiger partial charge is 0.281 e. The minimum atomic E-state index is -0.422. The molecule has 0 unspecified atom stereocenters. The van der Waals surface area contributed by atoms with Crippen molar-refractivity contribution in [3.05, 3.63) is 75.0 Å². The second-order valence-corrected chi connectivity index (χ2v) is 8.03. The van der Waals surface area contributed by atoms with Crippen LogP contribution in [-0.2, 0) is 11.3 Å². The molecule has 0 N–H and O–H groups in total. The average molecular weight is 431 g/mol. The monoisotopic (exact) mass is 430 g/mol. The highest BCUT2D eigenvalue weighted by Gasteiger charge is 2.14. The van der Waals surface area contributed by atoms with Gasteiger partial charge in [-0.3, -0.25) is 4.79 Å². The van der Waals surface area contributed by atoms with E-state index >= 15 is 0 Å². The highest BCUT2D eigenvalue weighted by Crippen LogP contribution is 2.28. The number of ether oxygens (including phenoxy) is 1. The lowest BCUT2D eigenvalue weighted by atomic mass is 10.1. The number of rotatable bonds is 4. The van der Waals surface area contributed by atoms with Crippen molar-refractivity contribution in [1.82, 2.24) is 4.57 Å². The lowest BCUT2D eigenvalue weighted by Gasteiger charge is -2.05. The minimum Gasteiger partial charge on any atom is -0.383 e. The third-order valence-corrected chi connectivity index (χ3v) is 6.14. The summed E-state index contributed by atoms with van der Waals surface area (Å²) in [5, 5.41) is 3.04. The fraction of sp³-hybridized carbons (Fsp3) is 0.143. The zero-order valence-corrected chi connectivity index (χ0v) is 17.3. The van der Waals surface area contributed by atoms with E-state index in [1.165, 1.54) is 17.4 Å². The second kappa shape index (κ2) is 8.05. The van der Waals surface area contributed by atoms with Gasteiger partial charge in [0.05, 0.1) is 27.4 Å². The number of hydrogen-bond donors (Lipinski definition) is 0. The molecule has 4 aromatic rings. The number of benzene rings is 3. The summed E-state index contributed by atoms with van der Waals surface area (Å²) in [5.41, 5.74) is 1.30. The van der Waals surface area contributed by atoms with Gasteiger partial charge in [0, 0.05) is 24.1 Å². The Labute approximate surface area is 175 Å². The van der Waals surface area contributed by atoms with Gasteiger partial charge in [0.15, 0.2) is 4.80 Å². The Kier molecular flexibility index (Phi) is 5.51. The van der Waals surface area contributed by atoms with E-state index in [0.29, 0.717) is 28.0 Å². The Morgan fingerprint density at radius 2 is 1.96 bits per heavy atom. The predicted octanol–water partition coefficient (Wildman–Crippen LogP) is 5.55. The van der Waals surface area contributed by atoms with Crippen LogP contribution in [0.4, 0.5) is 0 Å². The summed E-state index contributed by atoms with van der Waals surface area (Å²) in [7, 11) is 1.65. The van der Waals surface area contributed by atoms with Crippen LogP contribution in [0.3, 0.4) is 0 Å². The maximum Gasteiger partial charge on any atom is 0.281 e. The van der Waals surface area contributed by atoms with E-state index in [1.54, 1.807) is 19.2 Å². The molecule has 0 fully saturated rings. The molecule has 1 amide bonds. The molecule has 3 aromatic carbocycles. The molecule has 0 spiro atoms. The van der Waals surface area contributed by atoms with Crippen LogP contribution >= 0.6 is 34.5 Å². The van der Waals surface area contributed by atoms with Crippen LogP contribution in [-0.4, -0.2) is 24.2 Å². The van der Waals surface area contributed by atoms with Gasteiger partial charge in [-0.2, -0.15) is 4.99 Å². The third kappa shape index (κ3) is 3.59. The van der Waals surface area contributed by atoms with E-state index in [1.807, 2.05) is 16.7 Å². The van der Waals surface area contributed by atoms with Gasteiger partial charge in [-0.05, 0) is 29.7 Å². The van der Waals surface area contributed by atoms with Gasteiger partial charge < -0.3 is 9.30 Å². The van der Waals surface area contributed by atoms with E-state index < -0.39 is 5.91 Å². The Morgan fingerprint density at radius 3 is 2.79 bits per heavy atom. The van der Waals surface area contributed by atoms with Crippen LogP contribution in [0.1, 0.15) is 10.4 Å². The number of aromatic nitrogens is 1. The summed E-state index contributed by atoms with van der Waals surface area (Å²) in [4.78, 5) is 17.8. The fourth-order valence-electron chi connectivity index (χ4n) is 3.09. The van der Waals surface area contributed by atoms with Crippen molar-refractivity contribution in [1.29, 1.82) is 0 Å². The van der Waals surface area contributed by atoms with Crippen molar-refractivity contribution in [2.75, 3.05) is 13.7 Å². The first kappa shape index (κ1) is 19.2. The molecule has 0 aliphatic rings. The van der Waals surface area contributed by atoms with Crippen LogP contribution in [0.2, 0.25) is 10.0 Å². The normalized spacial score (nSPS) is 12.2. The second-order valence-electron chi connectivity index (χ2n) is 6.21. The van der Waals surface area contributed by atoms with E-state index in [9.17, 15) is 4.79 Å². The SMILES string of the molecule is COCCn1c(=NC(=O)c2cc(Cl)ccc2Cl)sc2c3ccccc3ccc21. The largest absolute Gasteiger partial charge is 0.383 e. The summed E-state index contributed by atoms with van der Waals surface area (Å²) in [6.07, 6.45) is 0. The summed E-state index contributed by atoms with van der Waals surface area (Å²) in [6.45, 7) is 1.10. The van der Waals surface area contributed by atoms with Gasteiger partial charge >= 0.3 is 0 Å². The van der Waals surface area contributed by atoms with Crippen molar-refractivity contribution in [2.45, 2.75) is 6.54 Å². The fourth-order valence-corrected chi connectivity index (χ4v) is 4.65. The first-order chi connectivity index (χ1) is 13.6. The van der Waals surface area contributed by atoms with Crippen molar-refractivity contribution in [2.24, 2.45) is 4.99 Å². The summed E-state index contributed by atoms with van der Waals surface area (Å²) in [5.74, 6) is -0.422. The molecule has 1 aromatic heterocycles. The number of nitrogens with zero attached hydrogens (tertiary/aromatic N) is 2. The lowest BCUT2D eigenvalue weighted by Crippen LogP contribution is -2.19. The Bertz CT molecular complexity index is 1260. The Morgan fingerprint density at radius 1 is 1.14 bits per heavy atom. The van der Waals surface area contributed by atoms with Gasteiger partial charge in [0.25, 0.3) is 5.91 Å². The minimum absolute atomic E-state index is 0.287. The van der Waals surface area contributed by atoms with Crippen molar-refractivity contribution in [3.8, 4) is 0 Å². The molecule has 142 valence electrons. The van der Waals surface area contributed by atoms with Gasteiger partial charge in [-0.1, -0.05) is 64.9 Å². The van der Waals surface area contributed by atoms with Crippen LogP contribution in [0, 0.1) is 0 Å². The van der Waals surface area contributed by atoms with Crippen LogP contribution < -0.4 is 4.80 Å². The lowest BCUT2D eigenvalue weighted by molar-refractivity contribution is 0.0997. The number of thiazole rings is 1. The molecule has 0 saturated heterocycles. The molecular weight excluding hydrogens is 415 g/mol. The summed E-state index contributed by atoms with van der Waals surface area (Å²) in [6, 6.07) is 17.1. The van der Waals surface area contributed by atoms with Crippen LogP contribution in [0.5, 0.6) is 0 Å². The van der Waals surface area contributed by atoms with E-state index in [0.717, 1.165) is 21.0 Å². The number of amides is 1. The van der Waals surface area contributed by atoms with Gasteiger partial charge in [-0.25, -0.2) is 0 Å². The number of methoxy groups -OCH3 is 1. The maximum absolute atomic E-state index is 12.8. The molecule has 0 radical (unpaired) electrons. The molecule has 0 bridgehead atoms. The zero-order chi connectivity index (χ0) is 19.7. The first-order valence-corrected chi connectivity index (χ1v) is 10.2. The van der Waals surface area contributed by atoms with Gasteiger partial charge in [0.1, 0.15) is 0 Å². The third-order valence-electron chi connectivity index (χ3n) is 4.45. The van der Waals surface area contributed by atoms with Crippen molar-refractivity contribution in [3.63, 3.8) is 0 Å². The summed E-state index contributed by atoms with van der Waals surface area (Å²) >= 11 is 13.7. The number of fused-ring (bicyclic) bond motifs is 3. The highest BCUT2D eigenvalue weighted by atomic mass is 35.5. The van der Waals surface area contributed by atoms with Crippen LogP contribution in [0.25, 0.3) is 21.0 Å². The number of halogens is 2. The molecular formula is C21H16Cl2N2O2S. The van der Waals surface area contributed by atoms with Crippen LogP contribution in [0.15, 0.2) is 59.6 Å². The highest BCUT2D eigenvalue weighted by molar-refractivity contribution is 7.17. The topological polar surface area (TPSA) is 43.6 Å². The number of carbonyl (C=O) groups is 1. The molecule has 4 nitrogen and oxygen atoms in total. The van der Waals surface area contributed by atoms with Crippen molar-refractivity contribution >= 4 is 61.4 Å². The first-order valence-electron chi connectivity index (χ1n) is 8.62. The molecule has 0 aliphatic heterocycles. The van der Waals surface area contributed by atoms with Crippen molar-refractivity contribution < 1.29 is 9.53 Å². The van der Waals surface area contributed by atoms with E-state index in [-0.39, 0.29) is 5.56 Å². The molecule has 0 aliphatic carbocycles. The zero-order valence-electron chi connectivity index (χ0n) is 15.0. The number of hydrogen-bond acceptors (Lipinski definition) is 3. The Hall–Kier alpha value is -2.18. The van der Waals surface area contributed by atoms with Gasteiger partial charge in [0.2, 0.25) is 0 Å². The standard InChI is InChI=1S/C21H16Cl2N2O2S/c1-27-11-10-25-18-9-6-13-4-2-3-5-15(13)19(18)28-21(25)24-20(26)16-12-14(22)7-8-17(16)23/h2-9,12H,10-11H2,1H3.